The van der Waals surface area contributed by atoms with E-state index in [2.05, 4.69) is 10.3 Å². The number of ether oxygens (including phenoxy) is 1. The first-order valence-electron chi connectivity index (χ1n) is 5.53. The van der Waals surface area contributed by atoms with E-state index >= 15 is 0 Å². The van der Waals surface area contributed by atoms with E-state index in [1.54, 1.807) is 17.4 Å². The maximum absolute atomic E-state index is 11.6. The summed E-state index contributed by atoms with van der Waals surface area (Å²) in [5, 5.41) is 6.24. The lowest BCUT2D eigenvalue weighted by Crippen LogP contribution is -2.08. The van der Waals surface area contributed by atoms with Crippen LogP contribution < -0.4 is 5.32 Å². The van der Waals surface area contributed by atoms with Crippen LogP contribution in [-0.4, -0.2) is 18.1 Å². The molecule has 0 amide bonds. The number of carbonyl (C=O) groups excluding carboxylic acids is 1. The zero-order valence-corrected chi connectivity index (χ0v) is 11.1. The monoisotopic (exact) mass is 262 g/mol. The quantitative estimate of drug-likeness (QED) is 0.861. The van der Waals surface area contributed by atoms with Crippen molar-refractivity contribution in [3.8, 4) is 0 Å². The summed E-state index contributed by atoms with van der Waals surface area (Å²) in [6, 6.07) is 7.28. The van der Waals surface area contributed by atoms with Crippen molar-refractivity contribution in [1.82, 2.24) is 4.98 Å². The van der Waals surface area contributed by atoms with Crippen molar-refractivity contribution in [1.29, 1.82) is 0 Å². The van der Waals surface area contributed by atoms with E-state index in [-0.39, 0.29) is 5.97 Å². The number of carbonyl (C=O) groups is 1. The third-order valence-electron chi connectivity index (χ3n) is 2.46. The standard InChI is InChI=1S/C13H14N2O2S/c1-9-15-10(8-18-9)7-14-12-6-4-3-5-11(12)13(16)17-2/h3-6,8,14H,7H2,1-2H3. The number of benzene rings is 1. The highest BCUT2D eigenvalue weighted by molar-refractivity contribution is 7.09. The summed E-state index contributed by atoms with van der Waals surface area (Å²) in [6.45, 7) is 2.56. The average Bonchev–Trinajstić information content (AvgIpc) is 2.81. The molecule has 0 saturated carbocycles. The fourth-order valence-corrected chi connectivity index (χ4v) is 2.21. The molecule has 18 heavy (non-hydrogen) atoms. The molecule has 0 radical (unpaired) electrons. The second-order valence-electron chi connectivity index (χ2n) is 3.75. The van der Waals surface area contributed by atoms with Gasteiger partial charge in [0, 0.05) is 11.1 Å². The number of methoxy groups -OCH3 is 1. The maximum Gasteiger partial charge on any atom is 0.339 e. The molecular weight excluding hydrogens is 248 g/mol. The zero-order valence-electron chi connectivity index (χ0n) is 10.3. The normalized spacial score (nSPS) is 10.1. The Morgan fingerprint density at radius 1 is 1.44 bits per heavy atom. The molecule has 2 aromatic rings. The molecule has 0 fully saturated rings. The van der Waals surface area contributed by atoms with Crippen molar-refractivity contribution < 1.29 is 9.53 Å². The van der Waals surface area contributed by atoms with Gasteiger partial charge in [-0.3, -0.25) is 0 Å². The van der Waals surface area contributed by atoms with Crippen LogP contribution in [-0.2, 0) is 11.3 Å². The predicted molar refractivity (Wildman–Crippen MR) is 72.0 cm³/mol. The molecule has 1 aromatic heterocycles. The van der Waals surface area contributed by atoms with Crippen LogP contribution in [0.25, 0.3) is 0 Å². The van der Waals surface area contributed by atoms with Gasteiger partial charge < -0.3 is 10.1 Å². The van der Waals surface area contributed by atoms with Crippen molar-refractivity contribution in [2.75, 3.05) is 12.4 Å². The highest BCUT2D eigenvalue weighted by Crippen LogP contribution is 2.17. The number of rotatable bonds is 4. The molecule has 0 atom stereocenters. The van der Waals surface area contributed by atoms with E-state index in [9.17, 15) is 4.79 Å². The molecule has 1 N–H and O–H groups in total. The van der Waals surface area contributed by atoms with Gasteiger partial charge in [-0.2, -0.15) is 0 Å². The van der Waals surface area contributed by atoms with Crippen LogP contribution in [0.4, 0.5) is 5.69 Å². The van der Waals surface area contributed by atoms with Gasteiger partial charge in [-0.05, 0) is 19.1 Å². The van der Waals surface area contributed by atoms with Crippen molar-refractivity contribution in [2.24, 2.45) is 0 Å². The molecule has 94 valence electrons. The maximum atomic E-state index is 11.6. The van der Waals surface area contributed by atoms with E-state index in [1.165, 1.54) is 7.11 Å². The van der Waals surface area contributed by atoms with Crippen LogP contribution in [0.5, 0.6) is 0 Å². The summed E-state index contributed by atoms with van der Waals surface area (Å²) in [4.78, 5) is 15.9. The van der Waals surface area contributed by atoms with Crippen molar-refractivity contribution >= 4 is 23.0 Å². The summed E-state index contributed by atoms with van der Waals surface area (Å²) >= 11 is 1.61. The van der Waals surface area contributed by atoms with Crippen LogP contribution in [0.15, 0.2) is 29.6 Å². The molecule has 0 unspecified atom stereocenters. The van der Waals surface area contributed by atoms with Crippen molar-refractivity contribution in [2.45, 2.75) is 13.5 Å². The topological polar surface area (TPSA) is 51.2 Å². The fraction of sp³-hybridized carbons (Fsp3) is 0.231. The molecule has 5 heteroatoms. The van der Waals surface area contributed by atoms with Gasteiger partial charge in [0.2, 0.25) is 0 Å². The molecule has 0 saturated heterocycles. The van der Waals surface area contributed by atoms with E-state index in [0.717, 1.165) is 16.4 Å². The number of nitrogens with one attached hydrogen (secondary N) is 1. The number of hydrogen-bond acceptors (Lipinski definition) is 5. The Hall–Kier alpha value is -1.88. The van der Waals surface area contributed by atoms with Gasteiger partial charge in [-0.15, -0.1) is 11.3 Å². The van der Waals surface area contributed by atoms with Crippen LogP contribution in [0, 0.1) is 6.92 Å². The molecule has 0 spiro atoms. The predicted octanol–water partition coefficient (Wildman–Crippen LogP) is 2.85. The molecule has 1 heterocycles. The second-order valence-corrected chi connectivity index (χ2v) is 4.81. The number of esters is 1. The SMILES string of the molecule is COC(=O)c1ccccc1NCc1csc(C)n1. The summed E-state index contributed by atoms with van der Waals surface area (Å²) in [6.07, 6.45) is 0. The lowest BCUT2D eigenvalue weighted by atomic mass is 10.2. The number of anilines is 1. The minimum absolute atomic E-state index is 0.340. The summed E-state index contributed by atoms with van der Waals surface area (Å²) in [5.41, 5.74) is 2.26. The Balaban J connectivity index is 2.11. The van der Waals surface area contributed by atoms with Gasteiger partial charge >= 0.3 is 5.97 Å². The average molecular weight is 262 g/mol. The van der Waals surface area contributed by atoms with Gasteiger partial charge in [-0.25, -0.2) is 9.78 Å². The van der Waals surface area contributed by atoms with Gasteiger partial charge in [0.15, 0.2) is 0 Å². The first-order valence-corrected chi connectivity index (χ1v) is 6.41. The highest BCUT2D eigenvalue weighted by Gasteiger charge is 2.10. The summed E-state index contributed by atoms with van der Waals surface area (Å²) in [7, 11) is 1.38. The van der Waals surface area contributed by atoms with Crippen molar-refractivity contribution in [3.63, 3.8) is 0 Å². The third kappa shape index (κ3) is 2.87. The smallest absolute Gasteiger partial charge is 0.339 e. The van der Waals surface area contributed by atoms with Crippen LogP contribution >= 0.6 is 11.3 Å². The van der Waals surface area contributed by atoms with Crippen LogP contribution in [0.1, 0.15) is 21.1 Å². The zero-order chi connectivity index (χ0) is 13.0. The van der Waals surface area contributed by atoms with Gasteiger partial charge in [0.1, 0.15) is 0 Å². The summed E-state index contributed by atoms with van der Waals surface area (Å²) in [5.74, 6) is -0.340. The summed E-state index contributed by atoms with van der Waals surface area (Å²) < 4.78 is 4.74. The Bertz CT molecular complexity index is 551. The Kier molecular flexibility index (Phi) is 3.94. The lowest BCUT2D eigenvalue weighted by Gasteiger charge is -2.09. The van der Waals surface area contributed by atoms with E-state index in [1.807, 2.05) is 30.5 Å². The molecule has 1 aromatic carbocycles. The number of thiazole rings is 1. The molecule has 0 bridgehead atoms. The van der Waals surface area contributed by atoms with E-state index in [4.69, 9.17) is 4.74 Å². The first kappa shape index (κ1) is 12.6. The molecule has 0 aliphatic rings. The second kappa shape index (κ2) is 5.64. The van der Waals surface area contributed by atoms with E-state index in [0.29, 0.717) is 12.1 Å². The van der Waals surface area contributed by atoms with Crippen LogP contribution in [0.3, 0.4) is 0 Å². The highest BCUT2D eigenvalue weighted by atomic mass is 32.1. The van der Waals surface area contributed by atoms with Crippen molar-refractivity contribution in [3.05, 3.63) is 45.9 Å². The Morgan fingerprint density at radius 3 is 2.89 bits per heavy atom. The lowest BCUT2D eigenvalue weighted by molar-refractivity contribution is 0.0602. The van der Waals surface area contributed by atoms with Gasteiger partial charge in [0.25, 0.3) is 0 Å². The Labute approximate surface area is 110 Å². The molecule has 4 nitrogen and oxygen atoms in total. The molecule has 2 rings (SSSR count). The molecular formula is C13H14N2O2S. The number of aryl methyl sites for hydroxylation is 1. The van der Waals surface area contributed by atoms with Crippen LogP contribution in [0.2, 0.25) is 0 Å². The first-order chi connectivity index (χ1) is 8.70. The number of para-hydroxylation sites is 1. The molecule has 0 aliphatic heterocycles. The minimum atomic E-state index is -0.340. The fourth-order valence-electron chi connectivity index (χ4n) is 1.60. The molecule has 0 aliphatic carbocycles. The van der Waals surface area contributed by atoms with Gasteiger partial charge in [-0.1, -0.05) is 12.1 Å². The number of aromatic nitrogens is 1. The van der Waals surface area contributed by atoms with Gasteiger partial charge in [0.05, 0.1) is 29.9 Å². The Morgan fingerprint density at radius 2 is 2.22 bits per heavy atom. The number of nitrogens with zero attached hydrogens (tertiary/aromatic N) is 1. The largest absolute Gasteiger partial charge is 0.465 e. The van der Waals surface area contributed by atoms with E-state index < -0.39 is 0 Å². The third-order valence-corrected chi connectivity index (χ3v) is 3.28. The minimum Gasteiger partial charge on any atom is -0.465 e. The number of hydrogen-bond donors (Lipinski definition) is 1.